The highest BCUT2D eigenvalue weighted by Gasteiger charge is 2.33. The van der Waals surface area contributed by atoms with Crippen molar-refractivity contribution in [3.8, 4) is 0 Å². The largest absolute Gasteiger partial charge is 0.417 e. The molecular weight excluding hydrogens is 247 g/mol. The molecule has 1 aromatic rings. The van der Waals surface area contributed by atoms with Gasteiger partial charge in [0.2, 0.25) is 5.91 Å². The van der Waals surface area contributed by atoms with Gasteiger partial charge >= 0.3 is 6.18 Å². The molecule has 0 unspecified atom stereocenters. The van der Waals surface area contributed by atoms with E-state index in [9.17, 15) is 18.0 Å². The Morgan fingerprint density at radius 3 is 2.56 bits per heavy atom. The lowest BCUT2D eigenvalue weighted by atomic mass is 10.2. The van der Waals surface area contributed by atoms with Gasteiger partial charge in [-0.1, -0.05) is 11.6 Å². The molecule has 0 bridgehead atoms. The van der Waals surface area contributed by atoms with Crippen LogP contribution in [0.1, 0.15) is 5.56 Å². The van der Waals surface area contributed by atoms with Crippen LogP contribution in [0.5, 0.6) is 0 Å². The number of aliphatic hydroxyl groups excluding tert-OH is 1. The molecule has 0 aliphatic heterocycles. The van der Waals surface area contributed by atoms with E-state index in [0.717, 1.165) is 6.07 Å². The third-order valence-corrected chi connectivity index (χ3v) is 2.03. The number of rotatable bonds is 2. The summed E-state index contributed by atoms with van der Waals surface area (Å²) in [5.41, 5.74) is -1.11. The summed E-state index contributed by atoms with van der Waals surface area (Å²) in [5.74, 6) is -0.796. The Hall–Kier alpha value is -1.27. The third kappa shape index (κ3) is 3.11. The zero-order valence-electron chi connectivity index (χ0n) is 7.81. The Labute approximate surface area is 93.8 Å². The zero-order valence-corrected chi connectivity index (χ0v) is 8.56. The minimum absolute atomic E-state index is 0.0734. The molecule has 2 N–H and O–H groups in total. The lowest BCUT2D eigenvalue weighted by Crippen LogP contribution is -2.16. The molecule has 0 heterocycles. The maximum Gasteiger partial charge on any atom is 0.417 e. The lowest BCUT2D eigenvalue weighted by molar-refractivity contribution is -0.137. The molecule has 1 aromatic carbocycles. The average molecular weight is 254 g/mol. The SMILES string of the molecule is O=C(CO)Nc1ccc(Cl)c(C(F)(F)F)c1. The zero-order chi connectivity index (χ0) is 12.3. The fraction of sp³-hybridized carbons (Fsp3) is 0.222. The number of hydrogen-bond acceptors (Lipinski definition) is 2. The molecule has 0 fully saturated rings. The van der Waals surface area contributed by atoms with E-state index in [1.807, 2.05) is 0 Å². The van der Waals surface area contributed by atoms with E-state index < -0.39 is 29.3 Å². The average Bonchev–Trinajstić information content (AvgIpc) is 2.19. The molecule has 0 saturated carbocycles. The first-order chi connectivity index (χ1) is 7.34. The summed E-state index contributed by atoms with van der Waals surface area (Å²) in [5, 5.41) is 10.1. The molecule has 0 aromatic heterocycles. The Kier molecular flexibility index (Phi) is 3.77. The van der Waals surface area contributed by atoms with Crippen LogP contribution >= 0.6 is 11.6 Å². The molecular formula is C9H7ClF3NO2. The van der Waals surface area contributed by atoms with Gasteiger partial charge in [-0.15, -0.1) is 0 Å². The number of benzene rings is 1. The topological polar surface area (TPSA) is 49.3 Å². The quantitative estimate of drug-likeness (QED) is 0.850. The Morgan fingerprint density at radius 1 is 1.44 bits per heavy atom. The van der Waals surface area contributed by atoms with Crippen molar-refractivity contribution in [3.05, 3.63) is 28.8 Å². The third-order valence-electron chi connectivity index (χ3n) is 1.70. The first kappa shape index (κ1) is 12.8. The van der Waals surface area contributed by atoms with Gasteiger partial charge in [0.15, 0.2) is 0 Å². The van der Waals surface area contributed by atoms with Gasteiger partial charge in [0, 0.05) is 5.69 Å². The molecule has 0 radical (unpaired) electrons. The highest BCUT2D eigenvalue weighted by Crippen LogP contribution is 2.36. The molecule has 1 rings (SSSR count). The molecule has 0 saturated heterocycles. The summed E-state index contributed by atoms with van der Waals surface area (Å²) in [6, 6.07) is 2.94. The molecule has 0 atom stereocenters. The highest BCUT2D eigenvalue weighted by atomic mass is 35.5. The lowest BCUT2D eigenvalue weighted by Gasteiger charge is -2.11. The van der Waals surface area contributed by atoms with Crippen LogP contribution < -0.4 is 5.32 Å². The highest BCUT2D eigenvalue weighted by molar-refractivity contribution is 6.31. The van der Waals surface area contributed by atoms with Crippen molar-refractivity contribution in [3.63, 3.8) is 0 Å². The van der Waals surface area contributed by atoms with Gasteiger partial charge in [0.05, 0.1) is 10.6 Å². The van der Waals surface area contributed by atoms with E-state index in [1.54, 1.807) is 0 Å². The second-order valence-corrected chi connectivity index (χ2v) is 3.31. The Balaban J connectivity index is 3.03. The minimum Gasteiger partial charge on any atom is -0.387 e. The summed E-state index contributed by atoms with van der Waals surface area (Å²) >= 11 is 5.37. The van der Waals surface area contributed by atoms with Gasteiger partial charge in [-0.2, -0.15) is 13.2 Å². The number of halogens is 4. The van der Waals surface area contributed by atoms with Crippen molar-refractivity contribution in [1.29, 1.82) is 0 Å². The summed E-state index contributed by atoms with van der Waals surface area (Å²) < 4.78 is 37.2. The van der Waals surface area contributed by atoms with E-state index in [4.69, 9.17) is 16.7 Å². The second kappa shape index (κ2) is 4.71. The Morgan fingerprint density at radius 2 is 2.06 bits per heavy atom. The number of hydrogen-bond donors (Lipinski definition) is 2. The van der Waals surface area contributed by atoms with Gasteiger partial charge in [-0.05, 0) is 18.2 Å². The minimum atomic E-state index is -4.59. The number of carbonyl (C=O) groups is 1. The van der Waals surface area contributed by atoms with Gasteiger partial charge in [0.1, 0.15) is 6.61 Å². The molecule has 1 amide bonds. The van der Waals surface area contributed by atoms with E-state index in [2.05, 4.69) is 5.32 Å². The number of aliphatic hydroxyl groups is 1. The van der Waals surface area contributed by atoms with E-state index >= 15 is 0 Å². The number of alkyl halides is 3. The summed E-state index contributed by atoms with van der Waals surface area (Å²) in [4.78, 5) is 10.8. The van der Waals surface area contributed by atoms with Crippen LogP contribution in [0, 0.1) is 0 Å². The van der Waals surface area contributed by atoms with E-state index in [-0.39, 0.29) is 5.69 Å². The van der Waals surface area contributed by atoms with Crippen LogP contribution in [0.15, 0.2) is 18.2 Å². The van der Waals surface area contributed by atoms with Crippen molar-refractivity contribution in [2.24, 2.45) is 0 Å². The number of nitrogens with one attached hydrogen (secondary N) is 1. The predicted molar refractivity (Wildman–Crippen MR) is 52.2 cm³/mol. The molecule has 0 spiro atoms. The smallest absolute Gasteiger partial charge is 0.387 e. The van der Waals surface area contributed by atoms with Crippen LogP contribution in [0.3, 0.4) is 0 Å². The summed E-state index contributed by atoms with van der Waals surface area (Å²) in [7, 11) is 0. The molecule has 88 valence electrons. The first-order valence-corrected chi connectivity index (χ1v) is 4.50. The van der Waals surface area contributed by atoms with E-state index in [1.165, 1.54) is 6.07 Å². The van der Waals surface area contributed by atoms with Crippen LogP contribution in [-0.2, 0) is 11.0 Å². The molecule has 0 aliphatic carbocycles. The van der Waals surface area contributed by atoms with Gasteiger partial charge in [-0.3, -0.25) is 4.79 Å². The molecule has 0 aliphatic rings. The van der Waals surface area contributed by atoms with Gasteiger partial charge in [-0.25, -0.2) is 0 Å². The number of amides is 1. The molecule has 16 heavy (non-hydrogen) atoms. The van der Waals surface area contributed by atoms with Crippen molar-refractivity contribution < 1.29 is 23.1 Å². The summed E-state index contributed by atoms with van der Waals surface area (Å²) in [6.45, 7) is -0.802. The van der Waals surface area contributed by atoms with Crippen molar-refractivity contribution in [2.75, 3.05) is 11.9 Å². The maximum atomic E-state index is 12.4. The van der Waals surface area contributed by atoms with Crippen LogP contribution in [0.25, 0.3) is 0 Å². The van der Waals surface area contributed by atoms with Gasteiger partial charge < -0.3 is 10.4 Å². The monoisotopic (exact) mass is 253 g/mol. The fourth-order valence-electron chi connectivity index (χ4n) is 1.02. The number of carbonyl (C=O) groups excluding carboxylic acids is 1. The molecule has 3 nitrogen and oxygen atoms in total. The maximum absolute atomic E-state index is 12.4. The van der Waals surface area contributed by atoms with Crippen LogP contribution in [0.4, 0.5) is 18.9 Å². The fourth-order valence-corrected chi connectivity index (χ4v) is 1.25. The second-order valence-electron chi connectivity index (χ2n) is 2.90. The first-order valence-electron chi connectivity index (χ1n) is 4.12. The standard InChI is InChI=1S/C9H7ClF3NO2/c10-7-2-1-5(14-8(16)4-15)3-6(7)9(11,12)13/h1-3,15H,4H2,(H,14,16). The van der Waals surface area contributed by atoms with Crippen LogP contribution in [0.2, 0.25) is 5.02 Å². The summed E-state index contributed by atoms with van der Waals surface area (Å²) in [6.07, 6.45) is -4.59. The normalized spacial score (nSPS) is 11.3. The Bertz CT molecular complexity index is 406. The van der Waals surface area contributed by atoms with Crippen molar-refractivity contribution in [1.82, 2.24) is 0 Å². The van der Waals surface area contributed by atoms with Gasteiger partial charge in [0.25, 0.3) is 0 Å². The predicted octanol–water partition coefficient (Wildman–Crippen LogP) is 2.29. The molecule has 7 heteroatoms. The van der Waals surface area contributed by atoms with E-state index in [0.29, 0.717) is 6.07 Å². The number of anilines is 1. The van der Waals surface area contributed by atoms with Crippen molar-refractivity contribution in [2.45, 2.75) is 6.18 Å². The van der Waals surface area contributed by atoms with Crippen molar-refractivity contribution >= 4 is 23.2 Å². The van der Waals surface area contributed by atoms with Crippen LogP contribution in [-0.4, -0.2) is 17.6 Å².